The van der Waals surface area contributed by atoms with Gasteiger partial charge in [0.2, 0.25) is 10.0 Å². The second-order valence-electron chi connectivity index (χ2n) is 4.97. The Kier molecular flexibility index (Phi) is 4.32. The monoisotopic (exact) mass is 309 g/mol. The number of hydrogen-bond donors (Lipinski definition) is 1. The summed E-state index contributed by atoms with van der Waals surface area (Å²) < 4.78 is 27.6. The first-order chi connectivity index (χ1) is 9.33. The van der Waals surface area contributed by atoms with Crippen LogP contribution < -0.4 is 4.72 Å². The summed E-state index contributed by atoms with van der Waals surface area (Å²) in [5.74, 6) is 0. The molecule has 1 N–H and O–H groups in total. The van der Waals surface area contributed by atoms with E-state index in [9.17, 15) is 8.42 Å². The summed E-state index contributed by atoms with van der Waals surface area (Å²) in [4.78, 5) is 1.39. The molecule has 1 aromatic heterocycles. The van der Waals surface area contributed by atoms with Gasteiger partial charge in [0, 0.05) is 11.4 Å². The number of rotatable bonds is 4. The Balaban J connectivity index is 2.35. The minimum absolute atomic E-state index is 0.339. The van der Waals surface area contributed by atoms with Gasteiger partial charge in [0.15, 0.2) is 0 Å². The van der Waals surface area contributed by atoms with Crippen LogP contribution >= 0.6 is 11.3 Å². The van der Waals surface area contributed by atoms with Gasteiger partial charge in [0.1, 0.15) is 0 Å². The molecule has 5 heteroatoms. The number of aryl methyl sites for hydroxylation is 1. The smallest absolute Gasteiger partial charge is 0.207 e. The van der Waals surface area contributed by atoms with Crippen LogP contribution in [0.4, 0.5) is 0 Å². The van der Waals surface area contributed by atoms with E-state index < -0.39 is 10.0 Å². The van der Waals surface area contributed by atoms with Crippen LogP contribution in [0.3, 0.4) is 0 Å². The van der Waals surface area contributed by atoms with Gasteiger partial charge in [0.25, 0.3) is 0 Å². The number of nitrogens with one attached hydrogen (secondary N) is 1. The SMILES string of the molecule is Cc1cc(S(=O)(=O)NCc2cccs2)c(C)c(C)c1C. The van der Waals surface area contributed by atoms with E-state index in [2.05, 4.69) is 4.72 Å². The number of thiophene rings is 1. The summed E-state index contributed by atoms with van der Waals surface area (Å²) in [5, 5.41) is 1.94. The molecule has 3 nitrogen and oxygen atoms in total. The third kappa shape index (κ3) is 2.95. The predicted molar refractivity (Wildman–Crippen MR) is 83.7 cm³/mol. The zero-order valence-corrected chi connectivity index (χ0v) is 13.8. The summed E-state index contributed by atoms with van der Waals surface area (Å²) in [6.07, 6.45) is 0. The first-order valence-corrected chi connectivity index (χ1v) is 8.78. The highest BCUT2D eigenvalue weighted by Crippen LogP contribution is 2.25. The van der Waals surface area contributed by atoms with Crippen LogP contribution in [-0.4, -0.2) is 8.42 Å². The van der Waals surface area contributed by atoms with Crippen LogP contribution in [-0.2, 0) is 16.6 Å². The Morgan fingerprint density at radius 1 is 1.10 bits per heavy atom. The predicted octanol–water partition coefficient (Wildman–Crippen LogP) is 3.46. The molecular formula is C15H19NO2S2. The average molecular weight is 309 g/mol. The Morgan fingerprint density at radius 2 is 1.80 bits per heavy atom. The lowest BCUT2D eigenvalue weighted by Gasteiger charge is -2.15. The van der Waals surface area contributed by atoms with Crippen LogP contribution in [0.5, 0.6) is 0 Å². The zero-order valence-electron chi connectivity index (χ0n) is 12.1. The lowest BCUT2D eigenvalue weighted by molar-refractivity contribution is 0.581. The van der Waals surface area contributed by atoms with E-state index in [1.165, 1.54) is 0 Å². The zero-order chi connectivity index (χ0) is 14.9. The third-order valence-corrected chi connectivity index (χ3v) is 6.14. The highest BCUT2D eigenvalue weighted by Gasteiger charge is 2.19. The van der Waals surface area contributed by atoms with Crippen molar-refractivity contribution in [2.75, 3.05) is 0 Å². The normalized spacial score (nSPS) is 11.8. The summed E-state index contributed by atoms with van der Waals surface area (Å²) >= 11 is 1.54. The largest absolute Gasteiger partial charge is 0.241 e. The van der Waals surface area contributed by atoms with Crippen molar-refractivity contribution in [1.29, 1.82) is 0 Å². The molecule has 0 unspecified atom stereocenters. The topological polar surface area (TPSA) is 46.2 Å². The number of hydrogen-bond acceptors (Lipinski definition) is 3. The Hall–Kier alpha value is -1.17. The molecule has 0 spiro atoms. The van der Waals surface area contributed by atoms with Gasteiger partial charge in [-0.3, -0.25) is 0 Å². The van der Waals surface area contributed by atoms with Crippen LogP contribution in [0, 0.1) is 27.7 Å². The summed E-state index contributed by atoms with van der Waals surface area (Å²) in [5.41, 5.74) is 4.03. The Bertz CT molecular complexity index is 717. The number of benzene rings is 1. The second kappa shape index (κ2) is 5.68. The summed E-state index contributed by atoms with van der Waals surface area (Å²) in [7, 11) is -3.47. The molecule has 2 aromatic rings. The molecule has 20 heavy (non-hydrogen) atoms. The molecule has 0 fully saturated rings. The molecule has 1 aromatic carbocycles. The maximum Gasteiger partial charge on any atom is 0.241 e. The van der Waals surface area contributed by atoms with E-state index in [-0.39, 0.29) is 0 Å². The molecule has 0 aliphatic carbocycles. The van der Waals surface area contributed by atoms with Crippen molar-refractivity contribution in [2.24, 2.45) is 0 Å². The van der Waals surface area contributed by atoms with E-state index in [0.717, 1.165) is 27.1 Å². The van der Waals surface area contributed by atoms with Gasteiger partial charge >= 0.3 is 0 Å². The first kappa shape index (κ1) is 15.2. The average Bonchev–Trinajstić information content (AvgIpc) is 2.91. The molecule has 0 amide bonds. The Morgan fingerprint density at radius 3 is 2.40 bits per heavy atom. The van der Waals surface area contributed by atoms with E-state index in [0.29, 0.717) is 11.4 Å². The standard InChI is InChI=1S/C15H19NO2S2/c1-10-8-15(13(4)12(3)11(10)2)20(17,18)16-9-14-6-5-7-19-14/h5-8,16H,9H2,1-4H3. The van der Waals surface area contributed by atoms with Gasteiger partial charge in [-0.1, -0.05) is 6.07 Å². The molecule has 0 atom stereocenters. The van der Waals surface area contributed by atoms with Crippen LogP contribution in [0.1, 0.15) is 27.1 Å². The molecule has 0 saturated carbocycles. The second-order valence-corrected chi connectivity index (χ2v) is 7.74. The van der Waals surface area contributed by atoms with Gasteiger partial charge in [-0.05, 0) is 67.5 Å². The van der Waals surface area contributed by atoms with Crippen molar-refractivity contribution in [3.8, 4) is 0 Å². The molecule has 1 heterocycles. The molecule has 108 valence electrons. The Labute approximate surface area is 124 Å². The third-order valence-electron chi connectivity index (χ3n) is 3.74. The van der Waals surface area contributed by atoms with Gasteiger partial charge in [-0.25, -0.2) is 13.1 Å². The fraction of sp³-hybridized carbons (Fsp3) is 0.333. The van der Waals surface area contributed by atoms with E-state index in [1.54, 1.807) is 17.4 Å². The highest BCUT2D eigenvalue weighted by atomic mass is 32.2. The van der Waals surface area contributed by atoms with E-state index >= 15 is 0 Å². The summed E-state index contributed by atoms with van der Waals surface area (Å²) in [6.45, 7) is 8.13. The minimum atomic E-state index is -3.47. The van der Waals surface area contributed by atoms with Crippen molar-refractivity contribution in [1.82, 2.24) is 4.72 Å². The molecule has 2 rings (SSSR count). The fourth-order valence-electron chi connectivity index (χ4n) is 2.11. The van der Waals surface area contributed by atoms with Crippen molar-refractivity contribution < 1.29 is 8.42 Å². The lowest BCUT2D eigenvalue weighted by atomic mass is 10.00. The molecule has 0 radical (unpaired) electrons. The minimum Gasteiger partial charge on any atom is -0.207 e. The van der Waals surface area contributed by atoms with E-state index in [4.69, 9.17) is 0 Å². The van der Waals surface area contributed by atoms with Crippen LogP contribution in [0.15, 0.2) is 28.5 Å². The van der Waals surface area contributed by atoms with Crippen molar-refractivity contribution in [2.45, 2.75) is 39.1 Å². The fourth-order valence-corrected chi connectivity index (χ4v) is 4.24. The maximum absolute atomic E-state index is 12.5. The van der Waals surface area contributed by atoms with Crippen LogP contribution in [0.2, 0.25) is 0 Å². The van der Waals surface area contributed by atoms with Crippen LogP contribution in [0.25, 0.3) is 0 Å². The maximum atomic E-state index is 12.5. The van der Waals surface area contributed by atoms with Crippen molar-refractivity contribution in [3.63, 3.8) is 0 Å². The molecule has 0 aliphatic heterocycles. The van der Waals surface area contributed by atoms with Gasteiger partial charge in [0.05, 0.1) is 4.90 Å². The molecular weight excluding hydrogens is 290 g/mol. The highest BCUT2D eigenvalue weighted by molar-refractivity contribution is 7.89. The lowest BCUT2D eigenvalue weighted by Crippen LogP contribution is -2.24. The van der Waals surface area contributed by atoms with E-state index in [1.807, 2.05) is 45.2 Å². The quantitative estimate of drug-likeness (QED) is 0.940. The molecule has 0 aliphatic rings. The number of sulfonamides is 1. The first-order valence-electron chi connectivity index (χ1n) is 6.42. The van der Waals surface area contributed by atoms with Gasteiger partial charge in [-0.2, -0.15) is 0 Å². The van der Waals surface area contributed by atoms with Crippen molar-refractivity contribution in [3.05, 3.63) is 50.7 Å². The van der Waals surface area contributed by atoms with Gasteiger partial charge < -0.3 is 0 Å². The summed E-state index contributed by atoms with van der Waals surface area (Å²) in [6, 6.07) is 5.60. The van der Waals surface area contributed by atoms with Crippen molar-refractivity contribution >= 4 is 21.4 Å². The molecule has 0 bridgehead atoms. The molecule has 0 saturated heterocycles. The van der Waals surface area contributed by atoms with Gasteiger partial charge in [-0.15, -0.1) is 11.3 Å².